The fourth-order valence-corrected chi connectivity index (χ4v) is 4.12. The highest BCUT2D eigenvalue weighted by Crippen LogP contribution is 2.41. The number of nitrogens with two attached hydrogens (primary N) is 1. The minimum Gasteiger partial charge on any atom is -0.325 e. The van der Waals surface area contributed by atoms with Crippen LogP contribution in [0.5, 0.6) is 0 Å². The topological polar surface area (TPSA) is 90.5 Å². The third-order valence-corrected chi connectivity index (χ3v) is 5.61. The van der Waals surface area contributed by atoms with E-state index in [1.807, 2.05) is 49.5 Å². The van der Waals surface area contributed by atoms with Gasteiger partial charge in [0.25, 0.3) is 0 Å². The fourth-order valence-electron chi connectivity index (χ4n) is 4.12. The molecule has 0 saturated carbocycles. The third-order valence-electron chi connectivity index (χ3n) is 5.61. The van der Waals surface area contributed by atoms with E-state index >= 15 is 0 Å². The normalized spacial score (nSPS) is 13.1. The number of pyridine rings is 1. The van der Waals surface area contributed by atoms with Gasteiger partial charge < -0.3 is 5.73 Å². The Morgan fingerprint density at radius 2 is 1.97 bits per heavy atom. The maximum absolute atomic E-state index is 12.3. The summed E-state index contributed by atoms with van der Waals surface area (Å²) in [6.07, 6.45) is 3.50. The molecule has 1 aliphatic heterocycles. The summed E-state index contributed by atoms with van der Waals surface area (Å²) in [5.74, 6) is -0.0116. The predicted octanol–water partition coefficient (Wildman–Crippen LogP) is 3.80. The van der Waals surface area contributed by atoms with E-state index in [1.54, 1.807) is 17.1 Å². The van der Waals surface area contributed by atoms with Crippen molar-refractivity contribution < 1.29 is 4.79 Å². The summed E-state index contributed by atoms with van der Waals surface area (Å²) < 4.78 is 1.77. The molecule has 0 atom stereocenters. The van der Waals surface area contributed by atoms with Crippen molar-refractivity contribution in [3.8, 4) is 22.4 Å². The molecule has 0 radical (unpaired) electrons. The molecule has 0 amide bonds. The Kier molecular flexibility index (Phi) is 4.42. The van der Waals surface area contributed by atoms with Crippen molar-refractivity contribution in [1.29, 1.82) is 0 Å². The number of hydrogen-bond donors (Lipinski definition) is 1. The molecule has 0 saturated heterocycles. The van der Waals surface area contributed by atoms with E-state index in [4.69, 9.17) is 12.3 Å². The van der Waals surface area contributed by atoms with Crippen LogP contribution in [0.2, 0.25) is 0 Å². The van der Waals surface area contributed by atoms with Gasteiger partial charge in [-0.25, -0.2) is 4.85 Å². The summed E-state index contributed by atoms with van der Waals surface area (Å²) in [6.45, 7) is 8.22. The van der Waals surface area contributed by atoms with Gasteiger partial charge in [0.05, 0.1) is 29.7 Å². The summed E-state index contributed by atoms with van der Waals surface area (Å²) >= 11 is 0. The lowest BCUT2D eigenvalue weighted by molar-refractivity contribution is 0.1000. The average molecular weight is 406 g/mol. The molecular formula is C24H18N6O. The lowest BCUT2D eigenvalue weighted by atomic mass is 9.91. The molecule has 2 aromatic heterocycles. The lowest BCUT2D eigenvalue weighted by Gasteiger charge is -2.17. The van der Waals surface area contributed by atoms with Crippen molar-refractivity contribution in [3.63, 3.8) is 0 Å². The molecule has 3 heterocycles. The minimum absolute atomic E-state index is 0.0116. The van der Waals surface area contributed by atoms with E-state index in [1.165, 1.54) is 0 Å². The molecule has 5 rings (SSSR count). The van der Waals surface area contributed by atoms with Crippen LogP contribution in [0.25, 0.3) is 38.1 Å². The van der Waals surface area contributed by atoms with E-state index in [2.05, 4.69) is 19.9 Å². The second-order valence-electron chi connectivity index (χ2n) is 7.32. The number of carbonyl (C=O) groups is 1. The highest BCUT2D eigenvalue weighted by molar-refractivity contribution is 6.16. The molecule has 150 valence electrons. The van der Waals surface area contributed by atoms with Crippen LogP contribution in [-0.2, 0) is 7.05 Å². The molecule has 0 bridgehead atoms. The van der Waals surface area contributed by atoms with Gasteiger partial charge in [0.15, 0.2) is 5.78 Å². The summed E-state index contributed by atoms with van der Waals surface area (Å²) in [5.41, 5.74) is 12.7. The largest absolute Gasteiger partial charge is 0.325 e. The second-order valence-corrected chi connectivity index (χ2v) is 7.32. The van der Waals surface area contributed by atoms with Crippen molar-refractivity contribution >= 4 is 28.1 Å². The highest BCUT2D eigenvalue weighted by atomic mass is 16.1. The van der Waals surface area contributed by atoms with Crippen molar-refractivity contribution in [2.24, 2.45) is 17.8 Å². The molecule has 7 nitrogen and oxygen atoms in total. The van der Waals surface area contributed by atoms with E-state index < -0.39 is 0 Å². The Morgan fingerprint density at radius 3 is 2.77 bits per heavy atom. The standard InChI is InChI=1S/C24H18N6O/c1-26-23-16-4-3-9-27-20(16)8-7-17(23)24-19(12-29-30(24)2)14-5-6-15-18(10-14)21(11-25)28-13-22(15)31/h3-10,12H,11,13,25H2,2H3. The number of aliphatic imine (C=N–C) groups is 1. The quantitative estimate of drug-likeness (QED) is 0.524. The molecule has 0 aliphatic carbocycles. The summed E-state index contributed by atoms with van der Waals surface area (Å²) in [5, 5.41) is 5.27. The zero-order valence-electron chi connectivity index (χ0n) is 16.8. The third kappa shape index (κ3) is 2.93. The maximum Gasteiger partial charge on any atom is 0.205 e. The van der Waals surface area contributed by atoms with E-state index in [0.29, 0.717) is 11.3 Å². The molecular weight excluding hydrogens is 388 g/mol. The molecule has 2 N–H and O–H groups in total. The first-order chi connectivity index (χ1) is 15.1. The number of nitrogens with zero attached hydrogens (tertiary/aromatic N) is 5. The van der Waals surface area contributed by atoms with Crippen LogP contribution in [0.4, 0.5) is 5.69 Å². The lowest BCUT2D eigenvalue weighted by Crippen LogP contribution is -2.24. The van der Waals surface area contributed by atoms with Gasteiger partial charge in [-0.3, -0.25) is 19.5 Å². The van der Waals surface area contributed by atoms with Gasteiger partial charge in [-0.05, 0) is 23.8 Å². The van der Waals surface area contributed by atoms with Gasteiger partial charge in [-0.15, -0.1) is 0 Å². The molecule has 31 heavy (non-hydrogen) atoms. The van der Waals surface area contributed by atoms with Crippen LogP contribution in [0.1, 0.15) is 15.9 Å². The Hall–Kier alpha value is -4.15. The summed E-state index contributed by atoms with van der Waals surface area (Å²) in [6, 6.07) is 13.3. The van der Waals surface area contributed by atoms with E-state index in [9.17, 15) is 4.79 Å². The van der Waals surface area contributed by atoms with Crippen LogP contribution in [-0.4, -0.2) is 39.3 Å². The average Bonchev–Trinajstić information content (AvgIpc) is 3.19. The van der Waals surface area contributed by atoms with Crippen molar-refractivity contribution in [2.45, 2.75) is 0 Å². The smallest absolute Gasteiger partial charge is 0.205 e. The zero-order valence-corrected chi connectivity index (χ0v) is 16.8. The predicted molar refractivity (Wildman–Crippen MR) is 120 cm³/mol. The monoisotopic (exact) mass is 406 g/mol. The number of aryl methyl sites for hydroxylation is 1. The highest BCUT2D eigenvalue weighted by Gasteiger charge is 2.23. The molecule has 0 spiro atoms. The number of benzene rings is 2. The number of fused-ring (bicyclic) bond motifs is 2. The summed E-state index contributed by atoms with van der Waals surface area (Å²) in [7, 11) is 1.86. The van der Waals surface area contributed by atoms with Crippen LogP contribution in [0.3, 0.4) is 0 Å². The molecule has 0 unspecified atom stereocenters. The fraction of sp³-hybridized carbons (Fsp3) is 0.125. The molecule has 7 heteroatoms. The number of rotatable bonds is 3. The van der Waals surface area contributed by atoms with Crippen LogP contribution in [0.15, 0.2) is 59.9 Å². The number of Topliss-reactive ketones (excluding diaryl/α,β-unsaturated/α-hetero) is 1. The number of carbonyl (C=O) groups excluding carboxylic acids is 1. The second kappa shape index (κ2) is 7.27. The van der Waals surface area contributed by atoms with Crippen LogP contribution >= 0.6 is 0 Å². The van der Waals surface area contributed by atoms with Gasteiger partial charge in [-0.2, -0.15) is 5.10 Å². The van der Waals surface area contributed by atoms with Gasteiger partial charge in [0.2, 0.25) is 5.69 Å². The first-order valence-electron chi connectivity index (χ1n) is 9.81. The Bertz CT molecular complexity index is 1440. The number of hydrogen-bond acceptors (Lipinski definition) is 5. The SMILES string of the molecule is [C-]#[N+]c1c(-c2c(-c3ccc4c(c3)C(CN)=NCC4=O)cnn2C)ccc2ncccc12. The van der Waals surface area contributed by atoms with E-state index in [0.717, 1.165) is 44.6 Å². The van der Waals surface area contributed by atoms with Gasteiger partial charge in [0.1, 0.15) is 6.54 Å². The Morgan fingerprint density at radius 1 is 1.13 bits per heavy atom. The summed E-state index contributed by atoms with van der Waals surface area (Å²) in [4.78, 5) is 24.8. The Labute approximate surface area is 178 Å². The van der Waals surface area contributed by atoms with E-state index in [-0.39, 0.29) is 18.9 Å². The first kappa shape index (κ1) is 18.9. The molecule has 0 fully saturated rings. The van der Waals surface area contributed by atoms with Crippen molar-refractivity contribution in [2.75, 3.05) is 13.1 Å². The van der Waals surface area contributed by atoms with Crippen LogP contribution < -0.4 is 5.73 Å². The first-order valence-corrected chi connectivity index (χ1v) is 9.81. The zero-order chi connectivity index (χ0) is 21.5. The van der Waals surface area contributed by atoms with Gasteiger partial charge in [-0.1, -0.05) is 24.3 Å². The molecule has 1 aliphatic rings. The Balaban J connectivity index is 1.74. The molecule has 4 aromatic rings. The van der Waals surface area contributed by atoms with Crippen LogP contribution in [0, 0.1) is 6.57 Å². The number of aromatic nitrogens is 3. The number of ketones is 1. The van der Waals surface area contributed by atoms with Gasteiger partial charge >= 0.3 is 0 Å². The molecule has 2 aromatic carbocycles. The minimum atomic E-state index is -0.0116. The maximum atomic E-state index is 12.3. The van der Waals surface area contributed by atoms with Gasteiger partial charge in [0, 0.05) is 47.4 Å². The van der Waals surface area contributed by atoms with Crippen molar-refractivity contribution in [3.05, 3.63) is 77.4 Å². The van der Waals surface area contributed by atoms with Crippen molar-refractivity contribution in [1.82, 2.24) is 14.8 Å².